The van der Waals surface area contributed by atoms with Crippen LogP contribution in [-0.2, 0) is 13.1 Å². The highest BCUT2D eigenvalue weighted by Crippen LogP contribution is 2.32. The first-order valence-corrected chi connectivity index (χ1v) is 9.55. The molecule has 154 valence electrons. The summed E-state index contributed by atoms with van der Waals surface area (Å²) in [6.45, 7) is 3.33. The minimum atomic E-state index is -4.26. The number of halogens is 3. The fraction of sp³-hybridized carbons (Fsp3) is 0.550. The van der Waals surface area contributed by atoms with E-state index in [0.29, 0.717) is 19.0 Å². The van der Waals surface area contributed by atoms with Crippen molar-refractivity contribution in [2.24, 2.45) is 5.92 Å². The lowest BCUT2D eigenvalue weighted by atomic mass is 9.87. The van der Waals surface area contributed by atoms with Gasteiger partial charge in [0, 0.05) is 12.4 Å². The SMILES string of the molecule is CCOc1ccc(C(O)C2CCN(Cc3nccn3CC(F)(F)F)CC2)cc1. The minimum Gasteiger partial charge on any atom is -0.494 e. The number of ether oxygens (including phenoxy) is 1. The van der Waals surface area contributed by atoms with Gasteiger partial charge in [0.15, 0.2) is 0 Å². The molecule has 1 aliphatic rings. The number of alkyl halides is 3. The number of hydrogen-bond donors (Lipinski definition) is 1. The highest BCUT2D eigenvalue weighted by atomic mass is 19.4. The smallest absolute Gasteiger partial charge is 0.406 e. The molecule has 1 atom stereocenters. The van der Waals surface area contributed by atoms with Crippen LogP contribution in [0.4, 0.5) is 13.2 Å². The van der Waals surface area contributed by atoms with Crippen molar-refractivity contribution in [3.8, 4) is 5.75 Å². The van der Waals surface area contributed by atoms with Crippen LogP contribution in [0.25, 0.3) is 0 Å². The summed E-state index contributed by atoms with van der Waals surface area (Å²) in [5.41, 5.74) is 0.864. The number of aliphatic hydroxyl groups is 1. The van der Waals surface area contributed by atoms with Gasteiger partial charge in [-0.15, -0.1) is 0 Å². The van der Waals surface area contributed by atoms with E-state index in [1.165, 1.54) is 12.4 Å². The lowest BCUT2D eigenvalue weighted by molar-refractivity contribution is -0.141. The van der Waals surface area contributed by atoms with Gasteiger partial charge >= 0.3 is 6.18 Å². The first kappa shape index (κ1) is 20.7. The van der Waals surface area contributed by atoms with Gasteiger partial charge in [0.05, 0.1) is 19.3 Å². The van der Waals surface area contributed by atoms with Crippen LogP contribution in [0.1, 0.15) is 37.3 Å². The fourth-order valence-corrected chi connectivity index (χ4v) is 3.66. The number of aromatic nitrogens is 2. The Morgan fingerprint density at radius 3 is 2.50 bits per heavy atom. The largest absolute Gasteiger partial charge is 0.494 e. The van der Waals surface area contributed by atoms with Gasteiger partial charge in [0.1, 0.15) is 18.1 Å². The van der Waals surface area contributed by atoms with Crippen LogP contribution in [0.2, 0.25) is 0 Å². The molecule has 1 aromatic carbocycles. The van der Waals surface area contributed by atoms with Gasteiger partial charge in [-0.3, -0.25) is 4.90 Å². The molecular weight excluding hydrogens is 371 g/mol. The second kappa shape index (κ2) is 8.96. The lowest BCUT2D eigenvalue weighted by Gasteiger charge is -2.34. The molecule has 1 aromatic heterocycles. The molecule has 3 rings (SSSR count). The monoisotopic (exact) mass is 397 g/mol. The van der Waals surface area contributed by atoms with E-state index in [2.05, 4.69) is 9.88 Å². The van der Waals surface area contributed by atoms with Crippen molar-refractivity contribution < 1.29 is 23.0 Å². The number of piperidine rings is 1. The van der Waals surface area contributed by atoms with Crippen molar-refractivity contribution in [1.82, 2.24) is 14.5 Å². The Hall–Kier alpha value is -2.06. The number of aliphatic hydroxyl groups excluding tert-OH is 1. The molecule has 5 nitrogen and oxygen atoms in total. The predicted molar refractivity (Wildman–Crippen MR) is 98.9 cm³/mol. The average molecular weight is 397 g/mol. The van der Waals surface area contributed by atoms with Gasteiger partial charge in [-0.05, 0) is 56.5 Å². The molecule has 0 saturated carbocycles. The van der Waals surface area contributed by atoms with E-state index in [9.17, 15) is 18.3 Å². The Labute approximate surface area is 162 Å². The van der Waals surface area contributed by atoms with Crippen LogP contribution >= 0.6 is 0 Å². The van der Waals surface area contributed by atoms with Gasteiger partial charge in [-0.25, -0.2) is 4.98 Å². The van der Waals surface area contributed by atoms with Crippen LogP contribution in [0.15, 0.2) is 36.7 Å². The van der Waals surface area contributed by atoms with E-state index in [-0.39, 0.29) is 5.92 Å². The Balaban J connectivity index is 1.52. The van der Waals surface area contributed by atoms with Crippen molar-refractivity contribution in [2.75, 3.05) is 19.7 Å². The van der Waals surface area contributed by atoms with Crippen molar-refractivity contribution in [3.05, 3.63) is 48.0 Å². The standard InChI is InChI=1S/C20H26F3N3O2/c1-2-28-17-5-3-15(4-6-17)19(27)16-7-10-25(11-8-16)13-18-24-9-12-26(18)14-20(21,22)23/h3-6,9,12,16,19,27H,2,7-8,10-11,13-14H2,1H3. The normalized spacial score (nSPS) is 17.6. The molecule has 28 heavy (non-hydrogen) atoms. The van der Waals surface area contributed by atoms with Gasteiger partial charge in [0.25, 0.3) is 0 Å². The molecule has 0 radical (unpaired) electrons. The van der Waals surface area contributed by atoms with Gasteiger partial charge in [-0.1, -0.05) is 12.1 Å². The fourth-order valence-electron chi connectivity index (χ4n) is 3.66. The topological polar surface area (TPSA) is 50.5 Å². The lowest BCUT2D eigenvalue weighted by Crippen LogP contribution is -2.36. The Morgan fingerprint density at radius 1 is 1.21 bits per heavy atom. The van der Waals surface area contributed by atoms with E-state index < -0.39 is 18.8 Å². The Morgan fingerprint density at radius 2 is 1.89 bits per heavy atom. The zero-order valence-electron chi connectivity index (χ0n) is 15.9. The van der Waals surface area contributed by atoms with E-state index in [1.807, 2.05) is 31.2 Å². The molecule has 1 saturated heterocycles. The maximum atomic E-state index is 12.6. The van der Waals surface area contributed by atoms with E-state index in [0.717, 1.165) is 41.8 Å². The summed E-state index contributed by atoms with van der Waals surface area (Å²) in [6.07, 6.45) is -0.466. The predicted octanol–water partition coefficient (Wildman–Crippen LogP) is 3.79. The highest BCUT2D eigenvalue weighted by Gasteiger charge is 2.30. The molecule has 1 N–H and O–H groups in total. The summed E-state index contributed by atoms with van der Waals surface area (Å²) < 4.78 is 44.5. The molecule has 0 aliphatic carbocycles. The second-order valence-electron chi connectivity index (χ2n) is 7.15. The Bertz CT molecular complexity index is 738. The van der Waals surface area contributed by atoms with E-state index in [1.54, 1.807) is 0 Å². The average Bonchev–Trinajstić information content (AvgIpc) is 3.07. The quantitative estimate of drug-likeness (QED) is 0.772. The maximum Gasteiger partial charge on any atom is 0.406 e. The first-order valence-electron chi connectivity index (χ1n) is 9.55. The number of imidazole rings is 1. The minimum absolute atomic E-state index is 0.129. The highest BCUT2D eigenvalue weighted by molar-refractivity contribution is 5.28. The Kier molecular flexibility index (Phi) is 6.61. The molecule has 2 heterocycles. The van der Waals surface area contributed by atoms with Gasteiger partial charge in [-0.2, -0.15) is 13.2 Å². The summed E-state index contributed by atoms with van der Waals surface area (Å²) in [7, 11) is 0. The number of nitrogens with zero attached hydrogens (tertiary/aromatic N) is 3. The third kappa shape index (κ3) is 5.48. The van der Waals surface area contributed by atoms with Crippen molar-refractivity contribution in [1.29, 1.82) is 0 Å². The zero-order chi connectivity index (χ0) is 20.1. The molecular formula is C20H26F3N3O2. The first-order chi connectivity index (χ1) is 13.4. The van der Waals surface area contributed by atoms with Crippen LogP contribution in [0, 0.1) is 5.92 Å². The summed E-state index contributed by atoms with van der Waals surface area (Å²) in [5, 5.41) is 10.7. The van der Waals surface area contributed by atoms with Crippen LogP contribution in [-0.4, -0.2) is 45.4 Å². The third-order valence-corrected chi connectivity index (χ3v) is 5.13. The van der Waals surface area contributed by atoms with E-state index in [4.69, 9.17) is 4.74 Å². The third-order valence-electron chi connectivity index (χ3n) is 5.13. The molecule has 1 aliphatic heterocycles. The van der Waals surface area contributed by atoms with Crippen molar-refractivity contribution in [2.45, 2.75) is 45.1 Å². The number of benzene rings is 1. The summed E-state index contributed by atoms with van der Waals surface area (Å²) in [4.78, 5) is 6.17. The summed E-state index contributed by atoms with van der Waals surface area (Å²) in [5.74, 6) is 1.33. The number of hydrogen-bond acceptors (Lipinski definition) is 4. The zero-order valence-corrected chi connectivity index (χ0v) is 15.9. The molecule has 2 aromatic rings. The summed E-state index contributed by atoms with van der Waals surface area (Å²) in [6, 6.07) is 7.49. The number of likely N-dealkylation sites (tertiary alicyclic amines) is 1. The van der Waals surface area contributed by atoms with Gasteiger partial charge in [0.2, 0.25) is 0 Å². The summed E-state index contributed by atoms with van der Waals surface area (Å²) >= 11 is 0. The van der Waals surface area contributed by atoms with E-state index >= 15 is 0 Å². The van der Waals surface area contributed by atoms with Gasteiger partial charge < -0.3 is 14.4 Å². The second-order valence-corrected chi connectivity index (χ2v) is 7.15. The molecule has 0 spiro atoms. The molecule has 1 unspecified atom stereocenters. The molecule has 1 fully saturated rings. The molecule has 0 amide bonds. The molecule has 0 bridgehead atoms. The van der Waals surface area contributed by atoms with Crippen molar-refractivity contribution in [3.63, 3.8) is 0 Å². The van der Waals surface area contributed by atoms with Crippen LogP contribution in [0.3, 0.4) is 0 Å². The molecule has 8 heteroatoms. The maximum absolute atomic E-state index is 12.6. The number of rotatable bonds is 7. The van der Waals surface area contributed by atoms with Crippen molar-refractivity contribution >= 4 is 0 Å². The van der Waals surface area contributed by atoms with Crippen LogP contribution in [0.5, 0.6) is 5.75 Å². The van der Waals surface area contributed by atoms with Crippen LogP contribution < -0.4 is 4.74 Å².